The van der Waals surface area contributed by atoms with Gasteiger partial charge in [0, 0.05) is 11.5 Å². The molecule has 2 rings (SSSR count). The number of halogens is 2. The molecule has 0 heterocycles. The normalized spacial score (nSPS) is 19.3. The minimum Gasteiger partial charge on any atom is -0.491 e. The minimum atomic E-state index is -0.677. The molecule has 88 valence electrons. The summed E-state index contributed by atoms with van der Waals surface area (Å²) in [6, 6.07) is 2.57. The van der Waals surface area contributed by atoms with Gasteiger partial charge in [0.25, 0.3) is 0 Å². The van der Waals surface area contributed by atoms with Crippen LogP contribution in [0.5, 0.6) is 5.75 Å². The van der Waals surface area contributed by atoms with Crippen LogP contribution in [0, 0.1) is 11.6 Å². The molecular formula is C12H15F2NO. The van der Waals surface area contributed by atoms with Crippen LogP contribution in [0.3, 0.4) is 0 Å². The first-order valence-corrected chi connectivity index (χ1v) is 5.31. The van der Waals surface area contributed by atoms with Gasteiger partial charge in [0.05, 0.1) is 7.11 Å². The molecule has 0 bridgehead atoms. The third-order valence-corrected chi connectivity index (χ3v) is 3.45. The van der Waals surface area contributed by atoms with Gasteiger partial charge in [-0.2, -0.15) is 0 Å². The molecule has 0 aromatic heterocycles. The fourth-order valence-corrected chi connectivity index (χ4v) is 2.21. The first kappa shape index (κ1) is 11.3. The van der Waals surface area contributed by atoms with Crippen molar-refractivity contribution in [1.82, 2.24) is 0 Å². The molecule has 2 N–H and O–H groups in total. The Balaban J connectivity index is 2.51. The summed E-state index contributed by atoms with van der Waals surface area (Å²) in [6.45, 7) is 1.85. The van der Waals surface area contributed by atoms with E-state index in [1.807, 2.05) is 6.92 Å². The Hall–Kier alpha value is -1.16. The fourth-order valence-electron chi connectivity index (χ4n) is 2.21. The van der Waals surface area contributed by atoms with E-state index < -0.39 is 11.6 Å². The first-order valence-electron chi connectivity index (χ1n) is 5.31. The molecule has 1 unspecified atom stereocenters. The average Bonchev–Trinajstić information content (AvgIpc) is 2.99. The lowest BCUT2D eigenvalue weighted by atomic mass is 9.89. The second kappa shape index (κ2) is 3.70. The number of methoxy groups -OCH3 is 1. The molecule has 0 saturated heterocycles. The van der Waals surface area contributed by atoms with Gasteiger partial charge in [-0.15, -0.1) is 0 Å². The molecule has 1 aliphatic rings. The molecule has 2 nitrogen and oxygen atoms in total. The number of ether oxygens (including phenoxy) is 1. The van der Waals surface area contributed by atoms with E-state index in [1.165, 1.54) is 19.2 Å². The van der Waals surface area contributed by atoms with Gasteiger partial charge in [0.2, 0.25) is 0 Å². The van der Waals surface area contributed by atoms with Crippen LogP contribution in [-0.2, 0) is 5.41 Å². The summed E-state index contributed by atoms with van der Waals surface area (Å²) in [5.41, 5.74) is 6.01. The lowest BCUT2D eigenvalue weighted by molar-refractivity contribution is 0.353. The molecule has 16 heavy (non-hydrogen) atoms. The number of hydrogen-bond donors (Lipinski definition) is 1. The summed E-state index contributed by atoms with van der Waals surface area (Å²) >= 11 is 0. The van der Waals surface area contributed by atoms with Gasteiger partial charge in [-0.3, -0.25) is 0 Å². The van der Waals surface area contributed by atoms with Crippen LogP contribution in [0.25, 0.3) is 0 Å². The van der Waals surface area contributed by atoms with Gasteiger partial charge in [-0.25, -0.2) is 8.78 Å². The summed E-state index contributed by atoms with van der Waals surface area (Å²) in [4.78, 5) is 0. The van der Waals surface area contributed by atoms with E-state index in [2.05, 4.69) is 0 Å². The lowest BCUT2D eigenvalue weighted by Crippen LogP contribution is -2.32. The average molecular weight is 227 g/mol. The smallest absolute Gasteiger partial charge is 0.190 e. The molecule has 1 saturated carbocycles. The van der Waals surface area contributed by atoms with Crippen LogP contribution in [-0.4, -0.2) is 13.2 Å². The van der Waals surface area contributed by atoms with Crippen molar-refractivity contribution in [3.63, 3.8) is 0 Å². The third kappa shape index (κ3) is 1.48. The van der Waals surface area contributed by atoms with Gasteiger partial charge >= 0.3 is 0 Å². The molecule has 0 amide bonds. The number of hydrogen-bond acceptors (Lipinski definition) is 2. The van der Waals surface area contributed by atoms with Crippen LogP contribution >= 0.6 is 0 Å². The van der Waals surface area contributed by atoms with Crippen molar-refractivity contribution in [2.75, 3.05) is 7.11 Å². The van der Waals surface area contributed by atoms with Crippen LogP contribution in [0.1, 0.15) is 25.3 Å². The summed E-state index contributed by atoms with van der Waals surface area (Å²) in [5.74, 6) is -1.61. The Morgan fingerprint density at radius 1 is 1.38 bits per heavy atom. The maximum Gasteiger partial charge on any atom is 0.190 e. The van der Waals surface area contributed by atoms with Gasteiger partial charge < -0.3 is 10.5 Å². The van der Waals surface area contributed by atoms with Crippen LogP contribution in [0.15, 0.2) is 12.1 Å². The zero-order chi connectivity index (χ0) is 11.9. The van der Waals surface area contributed by atoms with E-state index in [0.717, 1.165) is 12.8 Å². The molecule has 1 aliphatic carbocycles. The van der Waals surface area contributed by atoms with Crippen molar-refractivity contribution in [3.05, 3.63) is 29.3 Å². The van der Waals surface area contributed by atoms with E-state index in [0.29, 0.717) is 5.56 Å². The quantitative estimate of drug-likeness (QED) is 0.860. The Morgan fingerprint density at radius 2 is 2.00 bits per heavy atom. The molecule has 1 atom stereocenters. The first-order chi connectivity index (χ1) is 7.53. The minimum absolute atomic E-state index is 0.142. The molecule has 1 fully saturated rings. The van der Waals surface area contributed by atoms with E-state index >= 15 is 0 Å². The van der Waals surface area contributed by atoms with Crippen molar-refractivity contribution >= 4 is 0 Å². The number of benzene rings is 1. The molecule has 4 heteroatoms. The van der Waals surface area contributed by atoms with E-state index in [1.54, 1.807) is 0 Å². The molecule has 1 aromatic rings. The predicted molar refractivity (Wildman–Crippen MR) is 57.5 cm³/mol. The van der Waals surface area contributed by atoms with E-state index in [9.17, 15) is 8.78 Å². The van der Waals surface area contributed by atoms with E-state index in [-0.39, 0.29) is 17.2 Å². The number of nitrogens with two attached hydrogens (primary N) is 1. The van der Waals surface area contributed by atoms with Gasteiger partial charge in [0.15, 0.2) is 17.4 Å². The van der Waals surface area contributed by atoms with Crippen molar-refractivity contribution in [1.29, 1.82) is 0 Å². The maximum atomic E-state index is 14.0. The zero-order valence-electron chi connectivity index (χ0n) is 9.39. The molecule has 0 spiro atoms. The highest BCUT2D eigenvalue weighted by Crippen LogP contribution is 2.52. The topological polar surface area (TPSA) is 35.2 Å². The highest BCUT2D eigenvalue weighted by atomic mass is 19.1. The highest BCUT2D eigenvalue weighted by molar-refractivity contribution is 5.41. The van der Waals surface area contributed by atoms with Crippen LogP contribution in [0.2, 0.25) is 0 Å². The summed E-state index contributed by atoms with van der Waals surface area (Å²) in [5, 5.41) is 0. The fraction of sp³-hybridized carbons (Fsp3) is 0.500. The van der Waals surface area contributed by atoms with Gasteiger partial charge in [0.1, 0.15) is 0 Å². The third-order valence-electron chi connectivity index (χ3n) is 3.45. The summed E-state index contributed by atoms with van der Waals surface area (Å²) < 4.78 is 32.0. The van der Waals surface area contributed by atoms with Crippen LogP contribution < -0.4 is 10.5 Å². The lowest BCUT2D eigenvalue weighted by Gasteiger charge is -2.21. The number of rotatable bonds is 3. The zero-order valence-corrected chi connectivity index (χ0v) is 9.39. The van der Waals surface area contributed by atoms with E-state index in [4.69, 9.17) is 10.5 Å². The van der Waals surface area contributed by atoms with Crippen LogP contribution in [0.4, 0.5) is 8.78 Å². The summed E-state index contributed by atoms with van der Waals surface area (Å²) in [6.07, 6.45) is 1.69. The Morgan fingerprint density at radius 3 is 2.44 bits per heavy atom. The Bertz CT molecular complexity index is 414. The Labute approximate surface area is 93.4 Å². The molecular weight excluding hydrogens is 212 g/mol. The largest absolute Gasteiger partial charge is 0.491 e. The molecule has 0 radical (unpaired) electrons. The van der Waals surface area contributed by atoms with Gasteiger partial charge in [-0.1, -0.05) is 6.07 Å². The summed E-state index contributed by atoms with van der Waals surface area (Å²) in [7, 11) is 1.26. The monoisotopic (exact) mass is 227 g/mol. The van der Waals surface area contributed by atoms with Crippen molar-refractivity contribution in [2.24, 2.45) is 5.73 Å². The van der Waals surface area contributed by atoms with Crippen molar-refractivity contribution < 1.29 is 13.5 Å². The van der Waals surface area contributed by atoms with Crippen molar-refractivity contribution in [2.45, 2.75) is 31.2 Å². The second-order valence-electron chi connectivity index (χ2n) is 4.39. The van der Waals surface area contributed by atoms with Gasteiger partial charge in [-0.05, 0) is 31.4 Å². The molecule has 0 aliphatic heterocycles. The SMILES string of the molecule is COc1c(F)ccc(C2(C(C)N)CC2)c1F. The predicted octanol–water partition coefficient (Wildman–Crippen LogP) is 2.35. The second-order valence-corrected chi connectivity index (χ2v) is 4.39. The maximum absolute atomic E-state index is 14.0. The Kier molecular flexibility index (Phi) is 2.62. The van der Waals surface area contributed by atoms with Crippen molar-refractivity contribution in [3.8, 4) is 5.75 Å². The highest BCUT2D eigenvalue weighted by Gasteiger charge is 2.49. The standard InChI is InChI=1S/C12H15F2NO/c1-7(15)12(5-6-12)8-3-4-9(13)11(16-2)10(8)14/h3-4,7H,5-6,15H2,1-2H3. The molecule has 1 aromatic carbocycles.